The monoisotopic (exact) mass is 216 g/mol. The minimum absolute atomic E-state index is 0.123. The molecule has 16 heavy (non-hydrogen) atoms. The van der Waals surface area contributed by atoms with E-state index >= 15 is 0 Å². The summed E-state index contributed by atoms with van der Waals surface area (Å²) in [5, 5.41) is 0. The van der Waals surface area contributed by atoms with E-state index in [1.807, 2.05) is 6.07 Å². The molecule has 0 amide bonds. The molecule has 1 aromatic carbocycles. The van der Waals surface area contributed by atoms with E-state index in [2.05, 4.69) is 36.6 Å². The van der Waals surface area contributed by atoms with Gasteiger partial charge in [0.05, 0.1) is 18.6 Å². The maximum absolute atomic E-state index is 5.58. The van der Waals surface area contributed by atoms with Gasteiger partial charge in [-0.15, -0.1) is 0 Å². The molecule has 0 saturated heterocycles. The summed E-state index contributed by atoms with van der Waals surface area (Å²) in [5.74, 6) is 5.58. The van der Waals surface area contributed by atoms with Crippen LogP contribution >= 0.6 is 0 Å². The Hall–Kier alpha value is -1.58. The second-order valence-corrected chi connectivity index (χ2v) is 3.97. The molecule has 0 radical (unpaired) electrons. The molecule has 2 aromatic rings. The Balaban J connectivity index is 2.13. The van der Waals surface area contributed by atoms with Crippen LogP contribution in [0, 0.1) is 6.92 Å². The molecular weight excluding hydrogens is 200 g/mol. The Kier molecular flexibility index (Phi) is 3.39. The third-order valence-electron chi connectivity index (χ3n) is 2.70. The van der Waals surface area contributed by atoms with Crippen LogP contribution in [-0.2, 0) is 6.42 Å². The van der Waals surface area contributed by atoms with Crippen molar-refractivity contribution >= 4 is 0 Å². The molecule has 0 aliphatic rings. The summed E-state index contributed by atoms with van der Waals surface area (Å²) in [4.78, 5) is 0. The minimum atomic E-state index is 0.123. The van der Waals surface area contributed by atoms with Crippen molar-refractivity contribution in [3.05, 3.63) is 59.5 Å². The highest BCUT2D eigenvalue weighted by atomic mass is 16.3. The lowest BCUT2D eigenvalue weighted by Crippen LogP contribution is -2.29. The summed E-state index contributed by atoms with van der Waals surface area (Å²) in [7, 11) is 0. The first kappa shape index (κ1) is 10.9. The van der Waals surface area contributed by atoms with Crippen LogP contribution in [-0.4, -0.2) is 0 Å². The fraction of sp³-hybridized carbons (Fsp3) is 0.231. The highest BCUT2D eigenvalue weighted by Gasteiger charge is 2.10. The van der Waals surface area contributed by atoms with Gasteiger partial charge in [-0.3, -0.25) is 11.3 Å². The SMILES string of the molecule is Cc1ccc(C(Cc2ccoc2)NN)cc1. The van der Waals surface area contributed by atoms with Gasteiger partial charge in [-0.2, -0.15) is 0 Å². The van der Waals surface area contributed by atoms with Crippen molar-refractivity contribution in [2.45, 2.75) is 19.4 Å². The number of nitrogens with one attached hydrogen (secondary N) is 1. The van der Waals surface area contributed by atoms with Gasteiger partial charge >= 0.3 is 0 Å². The fourth-order valence-electron chi connectivity index (χ4n) is 1.72. The fourth-order valence-corrected chi connectivity index (χ4v) is 1.72. The van der Waals surface area contributed by atoms with Crippen molar-refractivity contribution in [3.63, 3.8) is 0 Å². The predicted octanol–water partition coefficient (Wildman–Crippen LogP) is 2.34. The van der Waals surface area contributed by atoms with Crippen molar-refractivity contribution in [2.24, 2.45) is 5.84 Å². The molecule has 1 unspecified atom stereocenters. The summed E-state index contributed by atoms with van der Waals surface area (Å²) in [6, 6.07) is 10.5. The van der Waals surface area contributed by atoms with E-state index in [0.717, 1.165) is 12.0 Å². The highest BCUT2D eigenvalue weighted by Crippen LogP contribution is 2.18. The Morgan fingerprint density at radius 3 is 2.56 bits per heavy atom. The lowest BCUT2D eigenvalue weighted by molar-refractivity contribution is 0.536. The number of nitrogens with two attached hydrogens (primary N) is 1. The number of aryl methyl sites for hydroxylation is 1. The molecule has 3 N–H and O–H groups in total. The molecule has 0 aliphatic heterocycles. The standard InChI is InChI=1S/C13H16N2O/c1-10-2-4-12(5-3-10)13(15-14)8-11-6-7-16-9-11/h2-7,9,13,15H,8,14H2,1H3. The lowest BCUT2D eigenvalue weighted by atomic mass is 10.0. The zero-order valence-electron chi connectivity index (χ0n) is 9.31. The molecule has 0 saturated carbocycles. The van der Waals surface area contributed by atoms with Crippen LogP contribution in [0.3, 0.4) is 0 Å². The Morgan fingerprint density at radius 1 is 1.25 bits per heavy atom. The van der Waals surface area contributed by atoms with Gasteiger partial charge in [0.25, 0.3) is 0 Å². The predicted molar refractivity (Wildman–Crippen MR) is 63.7 cm³/mol. The number of hydrogen-bond donors (Lipinski definition) is 2. The first-order valence-corrected chi connectivity index (χ1v) is 5.33. The number of furan rings is 1. The van der Waals surface area contributed by atoms with Crippen LogP contribution in [0.2, 0.25) is 0 Å². The first-order valence-electron chi connectivity index (χ1n) is 5.33. The average Bonchev–Trinajstić information content (AvgIpc) is 2.80. The highest BCUT2D eigenvalue weighted by molar-refractivity contribution is 5.25. The van der Waals surface area contributed by atoms with Crippen molar-refractivity contribution < 1.29 is 4.42 Å². The van der Waals surface area contributed by atoms with Gasteiger partial charge in [0.2, 0.25) is 0 Å². The second kappa shape index (κ2) is 4.96. The van der Waals surface area contributed by atoms with Crippen molar-refractivity contribution in [2.75, 3.05) is 0 Å². The van der Waals surface area contributed by atoms with Crippen molar-refractivity contribution in [1.82, 2.24) is 5.43 Å². The van der Waals surface area contributed by atoms with E-state index < -0.39 is 0 Å². The largest absolute Gasteiger partial charge is 0.472 e. The smallest absolute Gasteiger partial charge is 0.0935 e. The molecule has 84 valence electrons. The second-order valence-electron chi connectivity index (χ2n) is 3.97. The molecule has 0 aliphatic carbocycles. The van der Waals surface area contributed by atoms with E-state index in [1.165, 1.54) is 11.1 Å². The van der Waals surface area contributed by atoms with E-state index in [1.54, 1.807) is 12.5 Å². The maximum Gasteiger partial charge on any atom is 0.0935 e. The molecule has 2 rings (SSSR count). The van der Waals surface area contributed by atoms with Gasteiger partial charge in [-0.1, -0.05) is 29.8 Å². The topological polar surface area (TPSA) is 51.2 Å². The quantitative estimate of drug-likeness (QED) is 0.609. The molecule has 1 heterocycles. The van der Waals surface area contributed by atoms with Crippen molar-refractivity contribution in [1.29, 1.82) is 0 Å². The van der Waals surface area contributed by atoms with Crippen LogP contribution in [0.15, 0.2) is 47.3 Å². The number of hydrogen-bond acceptors (Lipinski definition) is 3. The zero-order valence-corrected chi connectivity index (χ0v) is 9.31. The molecule has 0 fully saturated rings. The van der Waals surface area contributed by atoms with Crippen LogP contribution in [0.1, 0.15) is 22.7 Å². The van der Waals surface area contributed by atoms with Crippen LogP contribution in [0.25, 0.3) is 0 Å². The summed E-state index contributed by atoms with van der Waals surface area (Å²) in [5.41, 5.74) is 6.42. The molecule has 0 bridgehead atoms. The zero-order chi connectivity index (χ0) is 11.4. The van der Waals surface area contributed by atoms with E-state index in [4.69, 9.17) is 10.3 Å². The Morgan fingerprint density at radius 2 is 2.00 bits per heavy atom. The third kappa shape index (κ3) is 2.51. The summed E-state index contributed by atoms with van der Waals surface area (Å²) in [6.07, 6.45) is 4.26. The van der Waals surface area contributed by atoms with Gasteiger partial charge in [0.15, 0.2) is 0 Å². The molecule has 3 heteroatoms. The maximum atomic E-state index is 5.58. The molecular formula is C13H16N2O. The van der Waals surface area contributed by atoms with Gasteiger partial charge < -0.3 is 4.42 Å². The lowest BCUT2D eigenvalue weighted by Gasteiger charge is -2.15. The van der Waals surface area contributed by atoms with Crippen LogP contribution in [0.4, 0.5) is 0 Å². The number of hydrazine groups is 1. The van der Waals surface area contributed by atoms with Crippen LogP contribution < -0.4 is 11.3 Å². The molecule has 0 spiro atoms. The van der Waals surface area contributed by atoms with E-state index in [-0.39, 0.29) is 6.04 Å². The van der Waals surface area contributed by atoms with Gasteiger partial charge in [0, 0.05) is 0 Å². The summed E-state index contributed by atoms with van der Waals surface area (Å²) >= 11 is 0. The average molecular weight is 216 g/mol. The minimum Gasteiger partial charge on any atom is -0.472 e. The number of benzene rings is 1. The van der Waals surface area contributed by atoms with Gasteiger partial charge in [-0.25, -0.2) is 0 Å². The van der Waals surface area contributed by atoms with E-state index in [9.17, 15) is 0 Å². The van der Waals surface area contributed by atoms with E-state index in [0.29, 0.717) is 0 Å². The molecule has 1 aromatic heterocycles. The third-order valence-corrected chi connectivity index (χ3v) is 2.70. The Bertz CT molecular complexity index is 420. The number of rotatable bonds is 4. The summed E-state index contributed by atoms with van der Waals surface area (Å²) in [6.45, 7) is 2.07. The Labute approximate surface area is 95.2 Å². The summed E-state index contributed by atoms with van der Waals surface area (Å²) < 4.78 is 5.05. The molecule has 1 atom stereocenters. The first-order chi connectivity index (χ1) is 7.79. The van der Waals surface area contributed by atoms with Gasteiger partial charge in [0.1, 0.15) is 0 Å². The van der Waals surface area contributed by atoms with Crippen LogP contribution in [0.5, 0.6) is 0 Å². The normalized spacial score (nSPS) is 12.6. The van der Waals surface area contributed by atoms with Crippen molar-refractivity contribution in [3.8, 4) is 0 Å². The van der Waals surface area contributed by atoms with Gasteiger partial charge in [-0.05, 0) is 30.5 Å². The molecule has 3 nitrogen and oxygen atoms in total.